The van der Waals surface area contributed by atoms with Crippen LogP contribution in [0.25, 0.3) is 11.0 Å². The van der Waals surface area contributed by atoms with E-state index in [9.17, 15) is 14.7 Å². The van der Waals surface area contributed by atoms with Gasteiger partial charge >= 0.3 is 12.1 Å². The molecule has 15 heteroatoms. The van der Waals surface area contributed by atoms with Gasteiger partial charge in [0.25, 0.3) is 0 Å². The smallest absolute Gasteiger partial charge is 0.407 e. The Bertz CT molecular complexity index is 1920. The highest BCUT2D eigenvalue weighted by atomic mass is 16.5. The van der Waals surface area contributed by atoms with Crippen LogP contribution in [0.3, 0.4) is 0 Å². The zero-order valence-electron chi connectivity index (χ0n) is 27.7. The Kier molecular flexibility index (Phi) is 9.51. The first kappa shape index (κ1) is 33.1. The van der Waals surface area contributed by atoms with E-state index in [1.807, 2.05) is 24.3 Å². The van der Waals surface area contributed by atoms with Gasteiger partial charge in [0.15, 0.2) is 18.2 Å². The van der Waals surface area contributed by atoms with Gasteiger partial charge < -0.3 is 34.3 Å². The van der Waals surface area contributed by atoms with Gasteiger partial charge in [-0.2, -0.15) is 5.10 Å². The molecule has 15 nitrogen and oxygen atoms in total. The van der Waals surface area contributed by atoms with Gasteiger partial charge in [-0.05, 0) is 69.2 Å². The molecule has 0 spiro atoms. The van der Waals surface area contributed by atoms with E-state index < -0.39 is 11.5 Å². The molecular formula is C34H38N8O7. The van der Waals surface area contributed by atoms with E-state index in [1.165, 1.54) is 9.58 Å². The molecule has 5 aromatic rings. The molecular weight excluding hydrogens is 632 g/mol. The van der Waals surface area contributed by atoms with Crippen LogP contribution >= 0.6 is 0 Å². The lowest BCUT2D eigenvalue weighted by atomic mass is 9.98. The molecule has 1 aliphatic heterocycles. The zero-order chi connectivity index (χ0) is 34.5. The van der Waals surface area contributed by atoms with Crippen molar-refractivity contribution in [2.45, 2.75) is 53.1 Å². The highest BCUT2D eigenvalue weighted by molar-refractivity contribution is 5.93. The van der Waals surface area contributed by atoms with E-state index in [1.54, 1.807) is 75.3 Å². The normalized spacial score (nSPS) is 14.5. The predicted octanol–water partition coefficient (Wildman–Crippen LogP) is 5.16. The third-order valence-electron chi connectivity index (χ3n) is 7.95. The van der Waals surface area contributed by atoms with Crippen LogP contribution in [0.1, 0.15) is 38.4 Å². The van der Waals surface area contributed by atoms with Crippen molar-refractivity contribution in [1.82, 2.24) is 34.7 Å². The van der Waals surface area contributed by atoms with Crippen molar-refractivity contribution in [3.05, 3.63) is 78.2 Å². The highest BCUT2D eigenvalue weighted by Gasteiger charge is 2.28. The SMILES string of the molecule is COc1ccc(Cn2nc(NC3CCN(C(=O)O)C3)c3c(Oc4ccc(OCc5cnnn5COC(=O)C(C)(C)C)cc4)ccnc32)cc1. The molecule has 2 aromatic carbocycles. The minimum absolute atomic E-state index is 0.0614. The third kappa shape index (κ3) is 7.83. The maximum Gasteiger partial charge on any atom is 0.407 e. The van der Waals surface area contributed by atoms with Gasteiger partial charge in [0, 0.05) is 31.4 Å². The Labute approximate surface area is 282 Å². The number of ether oxygens (including phenoxy) is 4. The van der Waals surface area contributed by atoms with Gasteiger partial charge in [0.05, 0.1) is 31.0 Å². The van der Waals surface area contributed by atoms with Gasteiger partial charge in [-0.25, -0.2) is 19.1 Å². The Balaban J connectivity index is 1.18. The number of esters is 1. The van der Waals surface area contributed by atoms with Crippen molar-refractivity contribution in [2.24, 2.45) is 5.41 Å². The van der Waals surface area contributed by atoms with Crippen LogP contribution < -0.4 is 19.5 Å². The first-order valence-electron chi connectivity index (χ1n) is 15.8. The molecule has 4 heterocycles. The summed E-state index contributed by atoms with van der Waals surface area (Å²) in [5.41, 5.74) is 1.63. The molecule has 1 atom stereocenters. The molecule has 1 saturated heterocycles. The van der Waals surface area contributed by atoms with Crippen LogP contribution in [-0.2, 0) is 29.4 Å². The first-order valence-corrected chi connectivity index (χ1v) is 15.8. The summed E-state index contributed by atoms with van der Waals surface area (Å²) in [6.45, 7) is 6.68. The fraction of sp³-hybridized carbons (Fsp3) is 0.353. The van der Waals surface area contributed by atoms with Crippen molar-refractivity contribution in [1.29, 1.82) is 0 Å². The van der Waals surface area contributed by atoms with Crippen LogP contribution in [-0.4, -0.2) is 78.1 Å². The Hall–Kier alpha value is -5.86. The lowest BCUT2D eigenvalue weighted by Gasteiger charge is -2.17. The summed E-state index contributed by atoms with van der Waals surface area (Å²) in [5.74, 6) is 2.66. The number of carbonyl (C=O) groups is 2. The molecule has 256 valence electrons. The minimum atomic E-state index is -0.943. The van der Waals surface area contributed by atoms with Crippen LogP contribution in [0, 0.1) is 5.41 Å². The third-order valence-corrected chi connectivity index (χ3v) is 7.95. The van der Waals surface area contributed by atoms with E-state index >= 15 is 0 Å². The van der Waals surface area contributed by atoms with E-state index in [2.05, 4.69) is 20.6 Å². The number of hydrogen-bond donors (Lipinski definition) is 2. The van der Waals surface area contributed by atoms with Gasteiger partial charge in [0.1, 0.15) is 35.0 Å². The topological polar surface area (TPSA) is 168 Å². The quantitative estimate of drug-likeness (QED) is 0.168. The van der Waals surface area contributed by atoms with Crippen molar-refractivity contribution < 1.29 is 33.6 Å². The second kappa shape index (κ2) is 14.1. The lowest BCUT2D eigenvalue weighted by molar-refractivity contribution is -0.157. The van der Waals surface area contributed by atoms with Crippen molar-refractivity contribution in [3.8, 4) is 23.0 Å². The number of pyridine rings is 1. The fourth-order valence-electron chi connectivity index (χ4n) is 5.24. The summed E-state index contributed by atoms with van der Waals surface area (Å²) >= 11 is 0. The summed E-state index contributed by atoms with van der Waals surface area (Å²) in [4.78, 5) is 29.7. The Morgan fingerprint density at radius 2 is 1.73 bits per heavy atom. The standard InChI is InChI=1S/C34H38N8O7/c1-34(2,3)32(43)48-21-42-24(17-36-39-42)20-47-26-9-11-27(12-10-26)49-28-13-15-35-31-29(28)30(37-23-14-16-40(19-23)33(44)45)38-41(31)18-22-5-7-25(46-4)8-6-22/h5-13,15,17,23H,14,16,18-21H2,1-4H3,(H,37,38)(H,44,45). The van der Waals surface area contributed by atoms with E-state index in [-0.39, 0.29) is 25.3 Å². The molecule has 2 N–H and O–H groups in total. The molecule has 0 bridgehead atoms. The van der Waals surface area contributed by atoms with Crippen LogP contribution in [0.5, 0.6) is 23.0 Å². The molecule has 6 rings (SSSR count). The average Bonchev–Trinajstić information content (AvgIpc) is 3.83. The van der Waals surface area contributed by atoms with Gasteiger partial charge in [0.2, 0.25) is 0 Å². The van der Waals surface area contributed by atoms with Crippen LogP contribution in [0.4, 0.5) is 10.6 Å². The monoisotopic (exact) mass is 670 g/mol. The largest absolute Gasteiger partial charge is 0.497 e. The van der Waals surface area contributed by atoms with Crippen LogP contribution in [0.15, 0.2) is 67.0 Å². The Morgan fingerprint density at radius 3 is 2.43 bits per heavy atom. The number of nitrogens with zero attached hydrogens (tertiary/aromatic N) is 7. The molecule has 1 fully saturated rings. The summed E-state index contributed by atoms with van der Waals surface area (Å²) in [5, 5.41) is 26.4. The summed E-state index contributed by atoms with van der Waals surface area (Å²) in [6, 6.07) is 16.5. The van der Waals surface area contributed by atoms with Crippen molar-refractivity contribution >= 4 is 28.9 Å². The molecule has 3 aromatic heterocycles. The van der Waals surface area contributed by atoms with Gasteiger partial charge in [-0.1, -0.05) is 17.3 Å². The number of carboxylic acid groups (broad SMARTS) is 1. The summed E-state index contributed by atoms with van der Waals surface area (Å²) in [6.07, 6.45) is 2.93. The summed E-state index contributed by atoms with van der Waals surface area (Å²) in [7, 11) is 1.62. The number of benzene rings is 2. The second-order valence-corrected chi connectivity index (χ2v) is 12.6. The number of methoxy groups -OCH3 is 1. The molecule has 1 aliphatic rings. The second-order valence-electron chi connectivity index (χ2n) is 12.6. The molecule has 0 aliphatic carbocycles. The van der Waals surface area contributed by atoms with Gasteiger partial charge in [-0.15, -0.1) is 5.10 Å². The van der Waals surface area contributed by atoms with E-state index in [0.29, 0.717) is 65.8 Å². The number of hydrogen-bond acceptors (Lipinski definition) is 11. The molecule has 49 heavy (non-hydrogen) atoms. The number of carbonyl (C=O) groups excluding carboxylic acids is 1. The fourth-order valence-corrected chi connectivity index (χ4v) is 5.24. The van der Waals surface area contributed by atoms with Crippen LogP contribution in [0.2, 0.25) is 0 Å². The van der Waals surface area contributed by atoms with E-state index in [4.69, 9.17) is 24.0 Å². The number of likely N-dealkylation sites (tertiary alicyclic amines) is 1. The van der Waals surface area contributed by atoms with Crippen molar-refractivity contribution in [2.75, 3.05) is 25.5 Å². The number of nitrogens with one attached hydrogen (secondary N) is 1. The maximum absolute atomic E-state index is 12.1. The molecule has 0 saturated carbocycles. The van der Waals surface area contributed by atoms with E-state index in [0.717, 1.165) is 11.3 Å². The molecule has 1 amide bonds. The zero-order valence-corrected chi connectivity index (χ0v) is 27.7. The predicted molar refractivity (Wildman–Crippen MR) is 178 cm³/mol. The highest BCUT2D eigenvalue weighted by Crippen LogP contribution is 2.36. The number of rotatable bonds is 12. The summed E-state index contributed by atoms with van der Waals surface area (Å²) < 4.78 is 26.2. The van der Waals surface area contributed by atoms with Crippen molar-refractivity contribution in [3.63, 3.8) is 0 Å². The number of anilines is 1. The number of fused-ring (bicyclic) bond motifs is 1. The first-order chi connectivity index (χ1) is 23.6. The average molecular weight is 671 g/mol. The molecule has 1 unspecified atom stereocenters. The molecule has 0 radical (unpaired) electrons. The number of aromatic nitrogens is 6. The minimum Gasteiger partial charge on any atom is -0.497 e. The maximum atomic E-state index is 12.1. The number of amides is 1. The Morgan fingerprint density at radius 1 is 1.00 bits per heavy atom. The van der Waals surface area contributed by atoms with Gasteiger partial charge in [-0.3, -0.25) is 4.79 Å². The lowest BCUT2D eigenvalue weighted by Crippen LogP contribution is -2.30.